The molecular formula is C33H33F2N6O7P. The molecule has 2 aromatic heterocycles. The van der Waals surface area contributed by atoms with Gasteiger partial charge >= 0.3 is 5.66 Å². The number of aromatic amines is 1. The number of rotatable bonds is 7. The van der Waals surface area contributed by atoms with E-state index >= 15 is 0 Å². The lowest BCUT2D eigenvalue weighted by Gasteiger charge is -2.38. The monoisotopic (exact) mass is 694 g/mol. The van der Waals surface area contributed by atoms with E-state index in [9.17, 15) is 32.8 Å². The number of anilines is 1. The molecule has 16 heteroatoms. The van der Waals surface area contributed by atoms with E-state index in [-0.39, 0.29) is 41.3 Å². The highest BCUT2D eigenvalue weighted by Gasteiger charge is 2.45. The summed E-state index contributed by atoms with van der Waals surface area (Å²) in [5, 5.41) is 5.60. The van der Waals surface area contributed by atoms with Crippen LogP contribution in [0.1, 0.15) is 42.2 Å². The van der Waals surface area contributed by atoms with Gasteiger partial charge in [0, 0.05) is 66.2 Å². The standard InChI is InChI=1S/C33H33F2N6O7P/c1-19(42)39-13-12-24-8-10-28(31(45)36-22-11-14-40(29(43)17-22)23-5-3-2-4-6-23)41(24)32(46)27(18-39)38-30(44)26-16-20-15-21(7-9-25(20)37-26)33(34,35)49(47)48/h2-7,9,11,14-17,24,27-28,37,47-48H,8,10,12-13,18H2,1H3,(H,36,45)(H,38,44)/t24-,27+,28+/m1/s1. The molecule has 256 valence electrons. The summed E-state index contributed by atoms with van der Waals surface area (Å²) in [6, 6.07) is 13.9. The molecule has 3 atom stereocenters. The Bertz CT molecular complexity index is 1980. The number of para-hydroxylation sites is 1. The summed E-state index contributed by atoms with van der Waals surface area (Å²) >= 11 is 0. The molecule has 2 aromatic carbocycles. The normalized spacial score (nSPS) is 19.8. The topological polar surface area (TPSA) is 177 Å². The number of carbonyl (C=O) groups excluding carboxylic acids is 4. The molecule has 0 radical (unpaired) electrons. The number of H-pyrrole nitrogens is 1. The van der Waals surface area contributed by atoms with Crippen molar-refractivity contribution in [2.24, 2.45) is 0 Å². The zero-order valence-electron chi connectivity index (χ0n) is 26.2. The summed E-state index contributed by atoms with van der Waals surface area (Å²) < 4.78 is 29.9. The molecule has 2 fully saturated rings. The van der Waals surface area contributed by atoms with Gasteiger partial charge in [-0.15, -0.1) is 0 Å². The average molecular weight is 695 g/mol. The SMILES string of the molecule is CC(=O)N1CC[C@H]2CC[C@@H](C(=O)Nc3ccn(-c4ccccc4)c(=O)c3)N2C(=O)[C@@H](NC(=O)c2cc3cc(C(F)(F)P(O)O)ccc3[nH]2)C1. The number of amides is 4. The number of nitrogens with one attached hydrogen (secondary N) is 3. The maximum atomic E-state index is 14.2. The highest BCUT2D eigenvalue weighted by atomic mass is 31.2. The molecule has 6 rings (SSSR count). The van der Waals surface area contributed by atoms with Crippen LogP contribution in [0.5, 0.6) is 0 Å². The van der Waals surface area contributed by atoms with Gasteiger partial charge in [-0.2, -0.15) is 8.78 Å². The number of alkyl halides is 2. The summed E-state index contributed by atoms with van der Waals surface area (Å²) in [6.45, 7) is 1.47. The lowest BCUT2D eigenvalue weighted by Crippen LogP contribution is -2.60. The smallest absolute Gasteiger partial charge is 0.339 e. The van der Waals surface area contributed by atoms with Crippen LogP contribution in [0.2, 0.25) is 0 Å². The first-order valence-electron chi connectivity index (χ1n) is 15.5. The van der Waals surface area contributed by atoms with Gasteiger partial charge in [-0.25, -0.2) is 0 Å². The minimum absolute atomic E-state index is 0.0625. The summed E-state index contributed by atoms with van der Waals surface area (Å²) in [6.07, 6.45) is 2.76. The van der Waals surface area contributed by atoms with Crippen LogP contribution in [0, 0.1) is 0 Å². The van der Waals surface area contributed by atoms with Gasteiger partial charge in [0.25, 0.3) is 11.5 Å². The quantitative estimate of drug-likeness (QED) is 0.185. The first-order chi connectivity index (χ1) is 23.3. The molecule has 0 saturated carbocycles. The molecule has 0 aliphatic carbocycles. The molecule has 0 spiro atoms. The van der Waals surface area contributed by atoms with E-state index < -0.39 is 55.4 Å². The van der Waals surface area contributed by atoms with E-state index in [0.717, 1.165) is 12.1 Å². The molecule has 49 heavy (non-hydrogen) atoms. The maximum Gasteiger partial charge on any atom is 0.339 e. The second-order valence-corrected chi connectivity index (χ2v) is 13.2. The Morgan fingerprint density at radius 2 is 1.73 bits per heavy atom. The van der Waals surface area contributed by atoms with Gasteiger partial charge in [-0.3, -0.25) is 28.5 Å². The van der Waals surface area contributed by atoms with Gasteiger partial charge in [-0.05, 0) is 55.7 Å². The highest BCUT2D eigenvalue weighted by Crippen LogP contribution is 2.52. The number of halogens is 2. The highest BCUT2D eigenvalue weighted by molar-refractivity contribution is 7.46. The van der Waals surface area contributed by atoms with Crippen molar-refractivity contribution in [3.8, 4) is 5.69 Å². The molecule has 4 amide bonds. The number of hydrogen-bond acceptors (Lipinski definition) is 7. The van der Waals surface area contributed by atoms with Crippen molar-refractivity contribution >= 4 is 48.6 Å². The van der Waals surface area contributed by atoms with Gasteiger partial charge in [0.15, 0.2) is 0 Å². The predicted molar refractivity (Wildman–Crippen MR) is 176 cm³/mol. The van der Waals surface area contributed by atoms with Crippen molar-refractivity contribution in [2.75, 3.05) is 18.4 Å². The Labute approximate surface area is 279 Å². The van der Waals surface area contributed by atoms with E-state index in [2.05, 4.69) is 15.6 Å². The third kappa shape index (κ3) is 6.82. The van der Waals surface area contributed by atoms with E-state index in [1.54, 1.807) is 36.5 Å². The van der Waals surface area contributed by atoms with E-state index in [1.165, 1.54) is 39.5 Å². The molecule has 2 aliphatic heterocycles. The fourth-order valence-corrected chi connectivity index (χ4v) is 6.77. The average Bonchev–Trinajstić information content (AvgIpc) is 3.69. The Morgan fingerprint density at radius 1 is 0.980 bits per heavy atom. The predicted octanol–water partition coefficient (Wildman–Crippen LogP) is 3.01. The van der Waals surface area contributed by atoms with E-state index in [0.29, 0.717) is 30.5 Å². The first-order valence-corrected chi connectivity index (χ1v) is 16.7. The van der Waals surface area contributed by atoms with Gasteiger partial charge < -0.3 is 35.2 Å². The fourth-order valence-electron chi connectivity index (χ4n) is 6.40. The third-order valence-corrected chi connectivity index (χ3v) is 9.69. The zero-order valence-corrected chi connectivity index (χ0v) is 27.1. The summed E-state index contributed by atoms with van der Waals surface area (Å²) in [5.41, 5.74) is -3.73. The minimum Gasteiger partial charge on any atom is -0.351 e. The van der Waals surface area contributed by atoms with Crippen LogP contribution in [-0.2, 0) is 20.0 Å². The Kier molecular flexibility index (Phi) is 9.34. The van der Waals surface area contributed by atoms with Crippen LogP contribution in [0.4, 0.5) is 14.5 Å². The van der Waals surface area contributed by atoms with Crippen LogP contribution >= 0.6 is 8.38 Å². The number of hydrogen-bond donors (Lipinski definition) is 5. The number of benzene rings is 2. The number of nitrogens with zero attached hydrogens (tertiary/aromatic N) is 3. The lowest BCUT2D eigenvalue weighted by molar-refractivity contribution is -0.143. The van der Waals surface area contributed by atoms with Gasteiger partial charge in [0.05, 0.1) is 0 Å². The van der Waals surface area contributed by atoms with Crippen LogP contribution in [-0.4, -0.2) is 84.0 Å². The van der Waals surface area contributed by atoms with E-state index in [1.807, 2.05) is 6.07 Å². The molecule has 2 saturated heterocycles. The Hall–Kier alpha value is -4.98. The van der Waals surface area contributed by atoms with Gasteiger partial charge in [-0.1, -0.05) is 24.3 Å². The largest absolute Gasteiger partial charge is 0.351 e. The molecule has 0 unspecified atom stereocenters. The minimum atomic E-state index is -3.89. The lowest BCUT2D eigenvalue weighted by atomic mass is 10.1. The van der Waals surface area contributed by atoms with E-state index in [4.69, 9.17) is 9.79 Å². The van der Waals surface area contributed by atoms with Crippen molar-refractivity contribution in [3.63, 3.8) is 0 Å². The van der Waals surface area contributed by atoms with Gasteiger partial charge in [0.1, 0.15) is 17.8 Å². The van der Waals surface area contributed by atoms with Crippen LogP contribution in [0.3, 0.4) is 0 Å². The number of carbonyl (C=O) groups is 4. The Balaban J connectivity index is 1.22. The fraction of sp³-hybridized carbons (Fsp3) is 0.303. The second-order valence-electron chi connectivity index (χ2n) is 12.0. The van der Waals surface area contributed by atoms with Crippen molar-refractivity contribution in [3.05, 3.63) is 94.5 Å². The molecule has 4 aromatic rings. The van der Waals surface area contributed by atoms with Crippen LogP contribution in [0.25, 0.3) is 16.6 Å². The molecular weight excluding hydrogens is 661 g/mol. The summed E-state index contributed by atoms with van der Waals surface area (Å²) in [4.78, 5) is 90.5. The zero-order chi connectivity index (χ0) is 35.0. The summed E-state index contributed by atoms with van der Waals surface area (Å²) in [7, 11) is -3.59. The van der Waals surface area contributed by atoms with Crippen molar-refractivity contribution in [1.29, 1.82) is 0 Å². The molecule has 13 nitrogen and oxygen atoms in total. The second kappa shape index (κ2) is 13.5. The molecule has 0 bridgehead atoms. The van der Waals surface area contributed by atoms with Crippen molar-refractivity contribution in [2.45, 2.75) is 50.0 Å². The van der Waals surface area contributed by atoms with Crippen molar-refractivity contribution < 1.29 is 37.7 Å². The van der Waals surface area contributed by atoms with Crippen molar-refractivity contribution in [1.82, 2.24) is 24.7 Å². The van der Waals surface area contributed by atoms with Crippen LogP contribution < -0.4 is 16.2 Å². The Morgan fingerprint density at radius 3 is 2.43 bits per heavy atom. The summed E-state index contributed by atoms with van der Waals surface area (Å²) in [5.74, 6) is -2.13. The maximum absolute atomic E-state index is 14.2. The third-order valence-electron chi connectivity index (χ3n) is 8.93. The number of fused-ring (bicyclic) bond motifs is 2. The number of aromatic nitrogens is 2. The molecule has 2 aliphatic rings. The van der Waals surface area contributed by atoms with Crippen LogP contribution in [0.15, 0.2) is 77.7 Å². The van der Waals surface area contributed by atoms with Gasteiger partial charge in [0.2, 0.25) is 26.1 Å². The molecule has 5 N–H and O–H groups in total. The number of pyridine rings is 1. The first kappa shape index (κ1) is 33.9. The molecule has 4 heterocycles.